The predicted octanol–water partition coefficient (Wildman–Crippen LogP) is 1.76. The Balaban J connectivity index is 0.000000249. The van der Waals surface area contributed by atoms with Crippen LogP contribution < -0.4 is 5.63 Å². The van der Waals surface area contributed by atoms with E-state index in [4.69, 9.17) is 14.6 Å². The van der Waals surface area contributed by atoms with Crippen LogP contribution in [0.4, 0.5) is 0 Å². The minimum absolute atomic E-state index is 0.353. The fraction of sp³-hybridized carbons (Fsp3) is 0. The third-order valence-corrected chi connectivity index (χ3v) is 1.80. The Morgan fingerprint density at radius 2 is 1.94 bits per heavy atom. The highest BCUT2D eigenvalue weighted by molar-refractivity contribution is 5.78. The van der Waals surface area contributed by atoms with Crippen LogP contribution in [0.5, 0.6) is 5.75 Å². The van der Waals surface area contributed by atoms with E-state index < -0.39 is 11.6 Å². The van der Waals surface area contributed by atoms with Gasteiger partial charge in [-0.1, -0.05) is 24.8 Å². The lowest BCUT2D eigenvalue weighted by Gasteiger charge is -1.94. The van der Waals surface area contributed by atoms with Gasteiger partial charge in [-0.25, -0.2) is 9.59 Å². The van der Waals surface area contributed by atoms with Crippen LogP contribution in [0.25, 0.3) is 11.0 Å². The van der Waals surface area contributed by atoms with Crippen LogP contribution in [0.1, 0.15) is 0 Å². The molecule has 0 amide bonds. The monoisotopic (exact) mass is 234 g/mol. The molecule has 0 unspecified atom stereocenters. The molecule has 0 saturated carbocycles. The van der Waals surface area contributed by atoms with E-state index in [-0.39, 0.29) is 5.75 Å². The number of benzene rings is 1. The second kappa shape index (κ2) is 5.50. The summed E-state index contributed by atoms with van der Waals surface area (Å²) in [5, 5.41) is 17.3. The number of carboxylic acids is 1. The fourth-order valence-corrected chi connectivity index (χ4v) is 1.05. The average Bonchev–Trinajstić information content (AvgIpc) is 2.31. The molecule has 1 heterocycles. The van der Waals surface area contributed by atoms with Crippen molar-refractivity contribution in [1.29, 1.82) is 0 Å². The standard InChI is InChI=1S/C9H6O3.C3H4O2/c10-7-5-6-3-1-2-4-8(6)12-9(7)11;1-2-3(4)5/h1-5,10H;2H,1H2,(H,4,5). The minimum Gasteiger partial charge on any atom is -0.502 e. The van der Waals surface area contributed by atoms with E-state index in [9.17, 15) is 9.59 Å². The number of carboxylic acid groups (broad SMARTS) is 1. The van der Waals surface area contributed by atoms with Gasteiger partial charge in [-0.05, 0) is 12.1 Å². The summed E-state index contributed by atoms with van der Waals surface area (Å²) in [6.45, 7) is 2.96. The molecule has 5 heteroatoms. The lowest BCUT2D eigenvalue weighted by molar-refractivity contribution is -0.131. The number of carbonyl (C=O) groups is 1. The van der Waals surface area contributed by atoms with Crippen LogP contribution in [0.15, 0.2) is 52.2 Å². The molecule has 0 aliphatic heterocycles. The molecule has 0 aliphatic carbocycles. The Bertz CT molecular complexity index is 597. The number of fused-ring (bicyclic) bond motifs is 1. The van der Waals surface area contributed by atoms with Crippen LogP contribution >= 0.6 is 0 Å². The molecule has 17 heavy (non-hydrogen) atoms. The van der Waals surface area contributed by atoms with E-state index in [0.717, 1.165) is 11.5 Å². The third kappa shape index (κ3) is 3.49. The SMILES string of the molecule is C=CC(=O)O.O=c1oc2ccccc2cc1O. The topological polar surface area (TPSA) is 87.7 Å². The molecule has 0 bridgehead atoms. The number of para-hydroxylation sites is 1. The van der Waals surface area contributed by atoms with Crippen molar-refractivity contribution in [2.45, 2.75) is 0 Å². The van der Waals surface area contributed by atoms with Gasteiger partial charge in [0, 0.05) is 11.5 Å². The molecule has 2 N–H and O–H groups in total. The molecule has 0 atom stereocenters. The lowest BCUT2D eigenvalue weighted by Crippen LogP contribution is -1.96. The first kappa shape index (κ1) is 12.5. The van der Waals surface area contributed by atoms with Gasteiger partial charge < -0.3 is 14.6 Å². The Morgan fingerprint density at radius 1 is 1.35 bits per heavy atom. The van der Waals surface area contributed by atoms with E-state index in [2.05, 4.69) is 6.58 Å². The number of rotatable bonds is 1. The molecule has 0 aliphatic rings. The van der Waals surface area contributed by atoms with E-state index in [0.29, 0.717) is 5.58 Å². The smallest absolute Gasteiger partial charge is 0.378 e. The Morgan fingerprint density at radius 3 is 2.53 bits per heavy atom. The number of hydrogen-bond donors (Lipinski definition) is 2. The molecular weight excluding hydrogens is 224 g/mol. The summed E-state index contributed by atoms with van der Waals surface area (Å²) in [6, 6.07) is 8.40. The van der Waals surface area contributed by atoms with Crippen molar-refractivity contribution in [3.63, 3.8) is 0 Å². The normalized spacial score (nSPS) is 9.18. The van der Waals surface area contributed by atoms with Crippen molar-refractivity contribution in [3.8, 4) is 5.75 Å². The maximum atomic E-state index is 10.8. The molecule has 0 saturated heterocycles. The highest BCUT2D eigenvalue weighted by atomic mass is 16.4. The van der Waals surface area contributed by atoms with E-state index in [1.54, 1.807) is 18.2 Å². The molecule has 88 valence electrons. The average molecular weight is 234 g/mol. The van der Waals surface area contributed by atoms with Crippen LogP contribution in [0, 0.1) is 0 Å². The minimum atomic E-state index is -0.981. The molecule has 1 aromatic heterocycles. The molecule has 1 aromatic carbocycles. The highest BCUT2D eigenvalue weighted by Crippen LogP contribution is 2.14. The molecular formula is C12H10O5. The van der Waals surface area contributed by atoms with Gasteiger partial charge in [0.15, 0.2) is 0 Å². The van der Waals surface area contributed by atoms with Crippen LogP contribution in [0.2, 0.25) is 0 Å². The fourth-order valence-electron chi connectivity index (χ4n) is 1.05. The van der Waals surface area contributed by atoms with Crippen molar-refractivity contribution in [1.82, 2.24) is 0 Å². The Kier molecular flexibility index (Phi) is 4.05. The van der Waals surface area contributed by atoms with Crippen LogP contribution in [-0.4, -0.2) is 16.2 Å². The number of hydrogen-bond acceptors (Lipinski definition) is 4. The maximum absolute atomic E-state index is 10.8. The van der Waals surface area contributed by atoms with Gasteiger partial charge >= 0.3 is 11.6 Å². The summed E-state index contributed by atoms with van der Waals surface area (Å²) >= 11 is 0. The molecule has 2 aromatic rings. The predicted molar refractivity (Wildman–Crippen MR) is 62.0 cm³/mol. The van der Waals surface area contributed by atoms with Crippen molar-refractivity contribution in [2.75, 3.05) is 0 Å². The van der Waals surface area contributed by atoms with Crippen molar-refractivity contribution in [2.24, 2.45) is 0 Å². The second-order valence-electron chi connectivity index (χ2n) is 3.00. The van der Waals surface area contributed by atoms with Crippen LogP contribution in [0.3, 0.4) is 0 Å². The van der Waals surface area contributed by atoms with Gasteiger partial charge in [-0.15, -0.1) is 0 Å². The van der Waals surface area contributed by atoms with Crippen molar-refractivity contribution in [3.05, 3.63) is 53.4 Å². The number of aliphatic carboxylic acids is 1. The van der Waals surface area contributed by atoms with Gasteiger partial charge in [-0.2, -0.15) is 0 Å². The zero-order valence-electron chi connectivity index (χ0n) is 8.79. The zero-order chi connectivity index (χ0) is 12.8. The van der Waals surface area contributed by atoms with E-state index in [1.807, 2.05) is 6.07 Å². The van der Waals surface area contributed by atoms with Gasteiger partial charge in [0.05, 0.1) is 0 Å². The van der Waals surface area contributed by atoms with Gasteiger partial charge in [0.25, 0.3) is 0 Å². The summed E-state index contributed by atoms with van der Waals surface area (Å²) in [7, 11) is 0. The van der Waals surface area contributed by atoms with Crippen LogP contribution in [-0.2, 0) is 4.79 Å². The van der Waals surface area contributed by atoms with E-state index >= 15 is 0 Å². The zero-order valence-corrected chi connectivity index (χ0v) is 8.79. The summed E-state index contributed by atoms with van der Waals surface area (Å²) in [6.07, 6.45) is 0.833. The molecule has 0 fully saturated rings. The lowest BCUT2D eigenvalue weighted by atomic mass is 10.2. The third-order valence-electron chi connectivity index (χ3n) is 1.80. The summed E-state index contributed by atoms with van der Waals surface area (Å²) in [4.78, 5) is 20.1. The van der Waals surface area contributed by atoms with Crippen molar-refractivity contribution >= 4 is 16.9 Å². The molecule has 2 rings (SSSR count). The quantitative estimate of drug-likeness (QED) is 0.579. The molecule has 0 spiro atoms. The molecule has 5 nitrogen and oxygen atoms in total. The van der Waals surface area contributed by atoms with Gasteiger partial charge in [0.2, 0.25) is 5.75 Å². The summed E-state index contributed by atoms with van der Waals surface area (Å²) in [5.41, 5.74) is -0.214. The van der Waals surface area contributed by atoms with E-state index in [1.165, 1.54) is 6.07 Å². The first-order valence-electron chi connectivity index (χ1n) is 4.62. The first-order valence-corrected chi connectivity index (χ1v) is 4.62. The first-order chi connectivity index (χ1) is 8.04. The molecule has 0 radical (unpaired) electrons. The summed E-state index contributed by atoms with van der Waals surface area (Å²) in [5.74, 6) is -1.33. The van der Waals surface area contributed by atoms with Gasteiger partial charge in [0.1, 0.15) is 5.58 Å². The Labute approximate surface area is 96.2 Å². The highest BCUT2D eigenvalue weighted by Gasteiger charge is 2.00. The summed E-state index contributed by atoms with van der Waals surface area (Å²) < 4.78 is 4.79. The largest absolute Gasteiger partial charge is 0.502 e. The van der Waals surface area contributed by atoms with Crippen molar-refractivity contribution < 1.29 is 19.4 Å². The maximum Gasteiger partial charge on any atom is 0.378 e. The second-order valence-corrected chi connectivity index (χ2v) is 3.00. The number of aromatic hydroxyl groups is 1. The Hall–Kier alpha value is -2.56. The van der Waals surface area contributed by atoms with Gasteiger partial charge in [-0.3, -0.25) is 0 Å².